The van der Waals surface area contributed by atoms with Gasteiger partial charge in [-0.1, -0.05) is 0 Å². The number of aromatic nitrogens is 3. The summed E-state index contributed by atoms with van der Waals surface area (Å²) in [5.74, 6) is 0. The predicted octanol–water partition coefficient (Wildman–Crippen LogP) is 2.13. The monoisotopic (exact) mass is 348 g/mol. The summed E-state index contributed by atoms with van der Waals surface area (Å²) in [5, 5.41) is 7.45. The minimum Gasteiger partial charge on any atom is -0.374 e. The third kappa shape index (κ3) is 3.39. The average Bonchev–Trinajstić information content (AvgIpc) is 3.26. The van der Waals surface area contributed by atoms with E-state index in [9.17, 15) is 0 Å². The van der Waals surface area contributed by atoms with Crippen LogP contribution in [-0.4, -0.2) is 51.1 Å². The number of hydrogen-bond acceptors (Lipinski definition) is 6. The first-order valence-corrected chi connectivity index (χ1v) is 9.43. The Balaban J connectivity index is 1.42. The van der Waals surface area contributed by atoms with Crippen molar-refractivity contribution >= 4 is 11.3 Å². The molecule has 0 spiro atoms. The molecule has 130 valence electrons. The zero-order chi connectivity index (χ0) is 16.5. The number of thiazole rings is 1. The number of likely N-dealkylation sites (tertiary alicyclic amines) is 1. The van der Waals surface area contributed by atoms with Crippen LogP contribution in [0.5, 0.6) is 0 Å². The summed E-state index contributed by atoms with van der Waals surface area (Å²) >= 11 is 1.67. The molecule has 0 aliphatic carbocycles. The van der Waals surface area contributed by atoms with E-state index in [2.05, 4.69) is 26.6 Å². The quantitative estimate of drug-likeness (QED) is 0.829. The van der Waals surface area contributed by atoms with E-state index in [1.807, 2.05) is 24.9 Å². The van der Waals surface area contributed by atoms with Crippen LogP contribution in [0.3, 0.4) is 0 Å². The first-order valence-electron chi connectivity index (χ1n) is 8.55. The highest BCUT2D eigenvalue weighted by Crippen LogP contribution is 2.32. The van der Waals surface area contributed by atoms with Gasteiger partial charge in [-0.15, -0.1) is 11.3 Å². The van der Waals surface area contributed by atoms with Crippen molar-refractivity contribution in [3.05, 3.63) is 34.0 Å². The van der Waals surface area contributed by atoms with Crippen LogP contribution in [0.25, 0.3) is 0 Å². The van der Waals surface area contributed by atoms with E-state index in [0.717, 1.165) is 36.8 Å². The molecule has 2 aliphatic rings. The Hall–Kier alpha value is -1.28. The summed E-state index contributed by atoms with van der Waals surface area (Å²) in [6.07, 6.45) is 6.64. The second-order valence-corrected chi connectivity index (χ2v) is 7.77. The standard InChI is InChI=1S/C17H24N4O2S/c1-12-19-14(11-24-12)10-23-16-9-21(8-13-6-18-20(2)7-13)15-4-3-5-22-17(15)16/h6-7,11,15-17H,3-5,8-10H2,1-2H3/t15-,16-,17+/m1/s1. The molecule has 0 bridgehead atoms. The lowest BCUT2D eigenvalue weighted by Gasteiger charge is -2.32. The van der Waals surface area contributed by atoms with Crippen molar-refractivity contribution in [2.24, 2.45) is 7.05 Å². The summed E-state index contributed by atoms with van der Waals surface area (Å²) in [4.78, 5) is 6.99. The molecule has 24 heavy (non-hydrogen) atoms. The molecule has 0 radical (unpaired) electrons. The lowest BCUT2D eigenvalue weighted by atomic mass is 10.0. The van der Waals surface area contributed by atoms with Gasteiger partial charge in [-0.2, -0.15) is 5.10 Å². The lowest BCUT2D eigenvalue weighted by molar-refractivity contribution is -0.0823. The molecule has 2 aromatic rings. The van der Waals surface area contributed by atoms with Crippen molar-refractivity contribution in [3.63, 3.8) is 0 Å². The Bertz CT molecular complexity index is 686. The lowest BCUT2D eigenvalue weighted by Crippen LogP contribution is -2.41. The molecule has 0 amide bonds. The Kier molecular flexibility index (Phi) is 4.67. The molecule has 7 heteroatoms. The van der Waals surface area contributed by atoms with Gasteiger partial charge in [-0.05, 0) is 19.8 Å². The van der Waals surface area contributed by atoms with Crippen molar-refractivity contribution in [1.29, 1.82) is 0 Å². The maximum Gasteiger partial charge on any atom is 0.100 e. The fraction of sp³-hybridized carbons (Fsp3) is 0.647. The van der Waals surface area contributed by atoms with Crippen LogP contribution >= 0.6 is 11.3 Å². The summed E-state index contributed by atoms with van der Waals surface area (Å²) < 4.78 is 14.1. The molecule has 3 atom stereocenters. The smallest absolute Gasteiger partial charge is 0.100 e. The van der Waals surface area contributed by atoms with E-state index in [1.54, 1.807) is 11.3 Å². The van der Waals surface area contributed by atoms with Crippen LogP contribution in [0.4, 0.5) is 0 Å². The fourth-order valence-electron chi connectivity index (χ4n) is 3.79. The highest BCUT2D eigenvalue weighted by atomic mass is 32.1. The van der Waals surface area contributed by atoms with Gasteiger partial charge < -0.3 is 9.47 Å². The third-order valence-corrected chi connectivity index (χ3v) is 5.66. The van der Waals surface area contributed by atoms with Gasteiger partial charge >= 0.3 is 0 Å². The maximum atomic E-state index is 6.20. The fourth-order valence-corrected chi connectivity index (χ4v) is 4.38. The first kappa shape index (κ1) is 16.2. The van der Waals surface area contributed by atoms with Gasteiger partial charge in [0.05, 0.1) is 29.6 Å². The minimum atomic E-state index is 0.119. The molecule has 0 saturated carbocycles. The molecule has 2 aliphatic heterocycles. The van der Waals surface area contributed by atoms with Crippen LogP contribution in [-0.2, 0) is 29.7 Å². The van der Waals surface area contributed by atoms with Crippen molar-refractivity contribution in [2.45, 2.75) is 51.2 Å². The molecule has 6 nitrogen and oxygen atoms in total. The highest BCUT2D eigenvalue weighted by molar-refractivity contribution is 7.09. The molecular weight excluding hydrogens is 324 g/mol. The van der Waals surface area contributed by atoms with Gasteiger partial charge in [0.1, 0.15) is 6.10 Å². The van der Waals surface area contributed by atoms with E-state index in [-0.39, 0.29) is 12.2 Å². The van der Waals surface area contributed by atoms with Crippen LogP contribution < -0.4 is 0 Å². The topological polar surface area (TPSA) is 52.4 Å². The predicted molar refractivity (Wildman–Crippen MR) is 91.8 cm³/mol. The summed E-state index contributed by atoms with van der Waals surface area (Å²) in [7, 11) is 1.96. The van der Waals surface area contributed by atoms with Gasteiger partial charge in [-0.25, -0.2) is 4.98 Å². The Labute approximate surface area is 146 Å². The zero-order valence-electron chi connectivity index (χ0n) is 14.2. The molecule has 2 aromatic heterocycles. The van der Waals surface area contributed by atoms with Crippen molar-refractivity contribution in [3.8, 4) is 0 Å². The van der Waals surface area contributed by atoms with Crippen molar-refractivity contribution in [2.75, 3.05) is 13.2 Å². The van der Waals surface area contributed by atoms with E-state index in [0.29, 0.717) is 12.6 Å². The molecule has 2 saturated heterocycles. The SMILES string of the molecule is Cc1nc(CO[C@@H]2CN(Cc3cnn(C)c3)[C@@H]3CCCO[C@@H]32)cs1. The van der Waals surface area contributed by atoms with Gasteiger partial charge in [0.2, 0.25) is 0 Å². The molecule has 2 fully saturated rings. The maximum absolute atomic E-state index is 6.20. The summed E-state index contributed by atoms with van der Waals surface area (Å²) in [6.45, 7) is 5.26. The molecule has 4 heterocycles. The number of fused-ring (bicyclic) bond motifs is 1. The van der Waals surface area contributed by atoms with E-state index in [1.165, 1.54) is 12.0 Å². The second kappa shape index (κ2) is 6.92. The Morgan fingerprint density at radius 3 is 3.12 bits per heavy atom. The van der Waals surface area contributed by atoms with Gasteiger partial charge in [0, 0.05) is 49.9 Å². The summed E-state index contributed by atoms with van der Waals surface area (Å²) in [5.41, 5.74) is 2.27. The van der Waals surface area contributed by atoms with Crippen molar-refractivity contribution < 1.29 is 9.47 Å². The van der Waals surface area contributed by atoms with Gasteiger partial charge in [0.15, 0.2) is 0 Å². The molecule has 0 N–H and O–H groups in total. The van der Waals surface area contributed by atoms with Crippen LogP contribution in [0.1, 0.15) is 29.1 Å². The van der Waals surface area contributed by atoms with E-state index >= 15 is 0 Å². The van der Waals surface area contributed by atoms with E-state index in [4.69, 9.17) is 9.47 Å². The van der Waals surface area contributed by atoms with Crippen LogP contribution in [0.2, 0.25) is 0 Å². The normalized spacial score (nSPS) is 27.5. The number of hydrogen-bond donors (Lipinski definition) is 0. The van der Waals surface area contributed by atoms with Crippen LogP contribution in [0.15, 0.2) is 17.8 Å². The Morgan fingerprint density at radius 2 is 2.38 bits per heavy atom. The zero-order valence-corrected chi connectivity index (χ0v) is 15.0. The third-order valence-electron chi connectivity index (χ3n) is 4.84. The number of nitrogens with zero attached hydrogens (tertiary/aromatic N) is 4. The highest BCUT2D eigenvalue weighted by Gasteiger charge is 2.44. The molecule has 4 rings (SSSR count). The minimum absolute atomic E-state index is 0.119. The van der Waals surface area contributed by atoms with Gasteiger partial charge in [-0.3, -0.25) is 9.58 Å². The average molecular weight is 348 g/mol. The van der Waals surface area contributed by atoms with Crippen LogP contribution in [0, 0.1) is 6.92 Å². The molecular formula is C17H24N4O2S. The van der Waals surface area contributed by atoms with E-state index < -0.39 is 0 Å². The number of rotatable bonds is 5. The number of aryl methyl sites for hydroxylation is 2. The second-order valence-electron chi connectivity index (χ2n) is 6.70. The van der Waals surface area contributed by atoms with Gasteiger partial charge in [0.25, 0.3) is 0 Å². The summed E-state index contributed by atoms with van der Waals surface area (Å²) in [6, 6.07) is 0.445. The molecule has 0 unspecified atom stereocenters. The van der Waals surface area contributed by atoms with Crippen molar-refractivity contribution in [1.82, 2.24) is 19.7 Å². The Morgan fingerprint density at radius 1 is 1.46 bits per heavy atom. The first-order chi connectivity index (χ1) is 11.7. The molecule has 0 aromatic carbocycles. The largest absolute Gasteiger partial charge is 0.374 e. The number of ether oxygens (including phenoxy) is 2.